The third-order valence-electron chi connectivity index (χ3n) is 5.44. The second-order valence-electron chi connectivity index (χ2n) is 8.71. The van der Waals surface area contributed by atoms with Gasteiger partial charge in [0.25, 0.3) is 0 Å². The molecule has 0 fully saturated rings. The lowest BCUT2D eigenvalue weighted by Gasteiger charge is -2.20. The fourth-order valence-corrected chi connectivity index (χ4v) is 3.61. The first-order valence-corrected chi connectivity index (χ1v) is 11.7. The number of aliphatic hydroxyl groups excluding tert-OH is 1. The van der Waals surface area contributed by atoms with E-state index in [0.717, 1.165) is 54.6 Å². The van der Waals surface area contributed by atoms with E-state index >= 15 is 0 Å². The van der Waals surface area contributed by atoms with Crippen LogP contribution in [0.3, 0.4) is 0 Å². The zero-order valence-electron chi connectivity index (χ0n) is 20.4. The average molecular weight is 458 g/mol. The van der Waals surface area contributed by atoms with Crippen molar-refractivity contribution in [2.45, 2.75) is 58.4 Å². The molecule has 0 saturated heterocycles. The number of nitrogens with one attached hydrogen (secondary N) is 1. The topological polar surface area (TPSA) is 114 Å². The molecule has 4 N–H and O–H groups in total. The van der Waals surface area contributed by atoms with E-state index in [0.29, 0.717) is 18.8 Å². The van der Waals surface area contributed by atoms with Crippen molar-refractivity contribution in [3.63, 3.8) is 0 Å². The molecule has 33 heavy (non-hydrogen) atoms. The molecular weight excluding hydrogens is 418 g/mol. The molecule has 2 rings (SSSR count). The number of hydrogen-bond donors (Lipinski definition) is 3. The summed E-state index contributed by atoms with van der Waals surface area (Å²) in [5.41, 5.74) is 9.62. The van der Waals surface area contributed by atoms with Crippen molar-refractivity contribution in [2.75, 3.05) is 44.9 Å². The van der Waals surface area contributed by atoms with Crippen LogP contribution in [0.5, 0.6) is 0 Å². The lowest BCUT2D eigenvalue weighted by atomic mass is 10.0. The molecule has 1 heterocycles. The van der Waals surface area contributed by atoms with Gasteiger partial charge in [-0.05, 0) is 58.0 Å². The van der Waals surface area contributed by atoms with Gasteiger partial charge in [0.05, 0.1) is 25.7 Å². The van der Waals surface area contributed by atoms with Gasteiger partial charge >= 0.3 is 5.97 Å². The average Bonchev–Trinajstić information content (AvgIpc) is 2.76. The molecule has 0 aliphatic heterocycles. The van der Waals surface area contributed by atoms with Crippen molar-refractivity contribution in [3.8, 4) is 0 Å². The number of carbonyl (C=O) groups excluding carboxylic acids is 1. The fraction of sp³-hybridized carbons (Fsp3) is 0.560. The molecule has 8 heteroatoms. The number of aryl methyl sites for hydroxylation is 1. The number of unbranched alkanes of at least 4 members (excludes halogenated alkanes) is 1. The zero-order valence-corrected chi connectivity index (χ0v) is 20.4. The van der Waals surface area contributed by atoms with Gasteiger partial charge in [0, 0.05) is 17.7 Å². The van der Waals surface area contributed by atoms with E-state index in [1.807, 2.05) is 45.3 Å². The van der Waals surface area contributed by atoms with Gasteiger partial charge in [-0.2, -0.15) is 4.98 Å². The van der Waals surface area contributed by atoms with Crippen LogP contribution in [0.15, 0.2) is 24.3 Å². The van der Waals surface area contributed by atoms with Crippen molar-refractivity contribution in [1.29, 1.82) is 0 Å². The predicted molar refractivity (Wildman–Crippen MR) is 132 cm³/mol. The number of nitrogens with two attached hydrogens (primary N) is 1. The highest BCUT2D eigenvalue weighted by molar-refractivity contribution is 5.72. The van der Waals surface area contributed by atoms with E-state index in [4.69, 9.17) is 10.5 Å². The van der Waals surface area contributed by atoms with E-state index in [1.54, 1.807) is 0 Å². The van der Waals surface area contributed by atoms with Gasteiger partial charge in [-0.3, -0.25) is 4.79 Å². The molecule has 0 saturated carbocycles. The van der Waals surface area contributed by atoms with Crippen LogP contribution in [0.1, 0.15) is 55.0 Å². The Kier molecular flexibility index (Phi) is 11.1. The van der Waals surface area contributed by atoms with Crippen LogP contribution in [0.25, 0.3) is 0 Å². The first kappa shape index (κ1) is 26.5. The van der Waals surface area contributed by atoms with Gasteiger partial charge in [-0.25, -0.2) is 4.98 Å². The summed E-state index contributed by atoms with van der Waals surface area (Å²) in [5, 5.41) is 13.0. The number of aromatic nitrogens is 2. The van der Waals surface area contributed by atoms with E-state index in [1.165, 1.54) is 0 Å². The Hall–Kier alpha value is -2.71. The lowest BCUT2D eigenvalue weighted by molar-refractivity contribution is -0.142. The maximum atomic E-state index is 12.1. The molecule has 1 unspecified atom stereocenters. The second-order valence-corrected chi connectivity index (χ2v) is 8.71. The number of carbonyl (C=O) groups is 1. The summed E-state index contributed by atoms with van der Waals surface area (Å²) >= 11 is 0. The molecule has 1 aromatic carbocycles. The first-order chi connectivity index (χ1) is 15.8. The quantitative estimate of drug-likeness (QED) is 0.293. The third kappa shape index (κ3) is 9.35. The predicted octanol–water partition coefficient (Wildman–Crippen LogP) is 2.96. The molecule has 182 valence electrons. The Morgan fingerprint density at radius 2 is 1.88 bits per heavy atom. The Balaban J connectivity index is 1.98. The molecule has 0 aliphatic carbocycles. The normalized spacial score (nSPS) is 12.1. The van der Waals surface area contributed by atoms with Crippen molar-refractivity contribution in [1.82, 2.24) is 14.9 Å². The smallest absolute Gasteiger partial charge is 0.310 e. The first-order valence-electron chi connectivity index (χ1n) is 11.7. The van der Waals surface area contributed by atoms with E-state index in [2.05, 4.69) is 27.1 Å². The van der Waals surface area contributed by atoms with Crippen LogP contribution in [-0.2, 0) is 22.4 Å². The Bertz CT molecular complexity index is 871. The number of benzene rings is 1. The summed E-state index contributed by atoms with van der Waals surface area (Å²) in [6.07, 6.45) is 4.55. The minimum Gasteiger partial charge on any atom is -0.465 e. The number of rotatable bonds is 14. The Morgan fingerprint density at radius 3 is 2.52 bits per heavy atom. The number of ether oxygens (including phenoxy) is 1. The van der Waals surface area contributed by atoms with Crippen LogP contribution >= 0.6 is 0 Å². The number of anilines is 2. The van der Waals surface area contributed by atoms with E-state index < -0.39 is 0 Å². The Labute approximate surface area is 197 Å². The summed E-state index contributed by atoms with van der Waals surface area (Å²) in [7, 11) is 4.07. The second kappa shape index (κ2) is 13.7. The summed E-state index contributed by atoms with van der Waals surface area (Å²) in [4.78, 5) is 22.9. The third-order valence-corrected chi connectivity index (χ3v) is 5.44. The number of nitrogens with zero attached hydrogens (tertiary/aromatic N) is 3. The van der Waals surface area contributed by atoms with Crippen LogP contribution < -0.4 is 11.1 Å². The standard InChI is InChI=1S/C25H39N5O3/c1-5-8-21(17-31)28-24-22(18(2)27-25(26)29-24)15-19-9-11-20(12-10-19)16-23(32)33-14-7-6-13-30(3)4/h9-12,21,31H,5-8,13-17H2,1-4H3,(H3,26,27,28,29). The van der Waals surface area contributed by atoms with Crippen LogP contribution in [0.4, 0.5) is 11.8 Å². The largest absolute Gasteiger partial charge is 0.465 e. The monoisotopic (exact) mass is 457 g/mol. The zero-order chi connectivity index (χ0) is 24.2. The van der Waals surface area contributed by atoms with Crippen LogP contribution in [0, 0.1) is 6.92 Å². The molecular formula is C25H39N5O3. The summed E-state index contributed by atoms with van der Waals surface area (Å²) in [6.45, 7) is 5.47. The molecule has 8 nitrogen and oxygen atoms in total. The number of nitrogen functional groups attached to an aromatic ring is 1. The molecule has 0 bridgehead atoms. The van der Waals surface area contributed by atoms with Gasteiger partial charge in [0.1, 0.15) is 5.82 Å². The minimum atomic E-state index is -0.201. The molecule has 2 aromatic rings. The molecule has 0 amide bonds. The van der Waals surface area contributed by atoms with Crippen molar-refractivity contribution < 1.29 is 14.6 Å². The van der Waals surface area contributed by atoms with Crippen LogP contribution in [-0.4, -0.2) is 65.8 Å². The maximum Gasteiger partial charge on any atom is 0.310 e. The fourth-order valence-electron chi connectivity index (χ4n) is 3.61. The van der Waals surface area contributed by atoms with Crippen molar-refractivity contribution in [3.05, 3.63) is 46.6 Å². The summed E-state index contributed by atoms with van der Waals surface area (Å²) in [6, 6.07) is 7.84. The van der Waals surface area contributed by atoms with Crippen molar-refractivity contribution in [2.24, 2.45) is 0 Å². The summed E-state index contributed by atoms with van der Waals surface area (Å²) in [5.74, 6) is 0.671. The minimum absolute atomic E-state index is 0.0245. The van der Waals surface area contributed by atoms with Crippen molar-refractivity contribution >= 4 is 17.7 Å². The number of aliphatic hydroxyl groups is 1. The molecule has 0 aliphatic rings. The van der Waals surface area contributed by atoms with Gasteiger partial charge in [-0.1, -0.05) is 37.6 Å². The maximum absolute atomic E-state index is 12.1. The van der Waals surface area contributed by atoms with Gasteiger partial charge in [0.15, 0.2) is 0 Å². The molecule has 0 radical (unpaired) electrons. The molecule has 1 aromatic heterocycles. The highest BCUT2D eigenvalue weighted by atomic mass is 16.5. The van der Waals surface area contributed by atoms with Crippen LogP contribution in [0.2, 0.25) is 0 Å². The van der Waals surface area contributed by atoms with E-state index in [-0.39, 0.29) is 31.0 Å². The lowest BCUT2D eigenvalue weighted by Crippen LogP contribution is -2.25. The SMILES string of the molecule is CCCC(CO)Nc1nc(N)nc(C)c1Cc1ccc(CC(=O)OCCCCN(C)C)cc1. The highest BCUT2D eigenvalue weighted by Crippen LogP contribution is 2.23. The molecule has 1 atom stereocenters. The summed E-state index contributed by atoms with van der Waals surface area (Å²) < 4.78 is 5.35. The van der Waals surface area contributed by atoms with E-state index in [9.17, 15) is 9.90 Å². The van der Waals surface area contributed by atoms with Gasteiger partial charge in [0.2, 0.25) is 5.95 Å². The number of esters is 1. The Morgan fingerprint density at radius 1 is 1.18 bits per heavy atom. The number of hydrogen-bond acceptors (Lipinski definition) is 8. The van der Waals surface area contributed by atoms with Gasteiger partial charge in [-0.15, -0.1) is 0 Å². The molecule has 0 spiro atoms. The highest BCUT2D eigenvalue weighted by Gasteiger charge is 2.15. The van der Waals surface area contributed by atoms with Gasteiger partial charge < -0.3 is 25.8 Å².